The van der Waals surface area contributed by atoms with Gasteiger partial charge in [0.2, 0.25) is 0 Å². The van der Waals surface area contributed by atoms with Crippen molar-refractivity contribution in [3.8, 4) is 0 Å². The number of rotatable bonds is 4. The van der Waals surface area contributed by atoms with Gasteiger partial charge < -0.3 is 10.4 Å². The van der Waals surface area contributed by atoms with E-state index in [9.17, 15) is 9.59 Å². The Balaban J connectivity index is 1.94. The molecule has 6 heteroatoms. The highest BCUT2D eigenvalue weighted by Gasteiger charge is 2.44. The van der Waals surface area contributed by atoms with Crippen LogP contribution in [-0.2, 0) is 4.79 Å². The maximum Gasteiger partial charge on any atom is 0.311 e. The van der Waals surface area contributed by atoms with E-state index in [-0.39, 0.29) is 12.5 Å². The Bertz CT molecular complexity index is 453. The molecule has 1 heterocycles. The zero-order valence-corrected chi connectivity index (χ0v) is 10.6. The minimum atomic E-state index is -0.826. The summed E-state index contributed by atoms with van der Waals surface area (Å²) in [5, 5.41) is 11.8. The number of halogens is 1. The van der Waals surface area contributed by atoms with Crippen LogP contribution in [0.4, 0.5) is 0 Å². The molecule has 1 fully saturated rings. The third-order valence-corrected chi connectivity index (χ3v) is 4.38. The lowest BCUT2D eigenvalue weighted by molar-refractivity contribution is -0.153. The van der Waals surface area contributed by atoms with Crippen molar-refractivity contribution < 1.29 is 14.7 Å². The van der Waals surface area contributed by atoms with Gasteiger partial charge in [-0.3, -0.25) is 9.59 Å². The number of aliphatic carboxylic acids is 1. The summed E-state index contributed by atoms with van der Waals surface area (Å²) >= 11 is 6.91. The number of carbonyl (C=O) groups is 2. The summed E-state index contributed by atoms with van der Waals surface area (Å²) in [4.78, 5) is 23.3. The van der Waals surface area contributed by atoms with Gasteiger partial charge in [-0.1, -0.05) is 18.0 Å². The SMILES string of the molecule is O=C(NCC1(C(=O)O)CCC1)c1ccc(Cl)s1. The molecule has 92 valence electrons. The Labute approximate surface area is 108 Å². The molecule has 0 unspecified atom stereocenters. The summed E-state index contributed by atoms with van der Waals surface area (Å²) in [6.07, 6.45) is 2.18. The van der Waals surface area contributed by atoms with Crippen molar-refractivity contribution in [2.24, 2.45) is 5.41 Å². The predicted molar refractivity (Wildman–Crippen MR) is 65.6 cm³/mol. The molecule has 1 aromatic rings. The van der Waals surface area contributed by atoms with Crippen molar-refractivity contribution in [3.05, 3.63) is 21.3 Å². The Morgan fingerprint density at radius 1 is 1.47 bits per heavy atom. The Hall–Kier alpha value is -1.07. The molecule has 1 aliphatic rings. The molecule has 4 nitrogen and oxygen atoms in total. The van der Waals surface area contributed by atoms with Crippen LogP contribution in [0.15, 0.2) is 12.1 Å². The van der Waals surface area contributed by atoms with Crippen LogP contribution in [0.1, 0.15) is 28.9 Å². The van der Waals surface area contributed by atoms with Gasteiger partial charge in [-0.05, 0) is 25.0 Å². The molecule has 0 bridgehead atoms. The van der Waals surface area contributed by atoms with Gasteiger partial charge in [-0.15, -0.1) is 11.3 Å². The summed E-state index contributed by atoms with van der Waals surface area (Å²) in [6, 6.07) is 3.29. The van der Waals surface area contributed by atoms with Gasteiger partial charge in [0.15, 0.2) is 0 Å². The smallest absolute Gasteiger partial charge is 0.311 e. The standard InChI is InChI=1S/C11H12ClNO3S/c12-8-3-2-7(17-8)9(14)13-6-11(10(15)16)4-1-5-11/h2-3H,1,4-6H2,(H,13,14)(H,15,16). The van der Waals surface area contributed by atoms with Crippen molar-refractivity contribution in [3.63, 3.8) is 0 Å². The van der Waals surface area contributed by atoms with Crippen LogP contribution in [0.2, 0.25) is 4.34 Å². The number of carbonyl (C=O) groups excluding carboxylic acids is 1. The van der Waals surface area contributed by atoms with E-state index in [1.54, 1.807) is 12.1 Å². The van der Waals surface area contributed by atoms with Crippen LogP contribution in [0.3, 0.4) is 0 Å². The van der Waals surface area contributed by atoms with E-state index in [4.69, 9.17) is 16.7 Å². The molecule has 0 radical (unpaired) electrons. The first kappa shape index (κ1) is 12.4. The van der Waals surface area contributed by atoms with E-state index >= 15 is 0 Å². The average Bonchev–Trinajstić information content (AvgIpc) is 2.62. The normalized spacial score (nSPS) is 17.2. The molecule has 2 rings (SSSR count). The largest absolute Gasteiger partial charge is 0.481 e. The zero-order valence-electron chi connectivity index (χ0n) is 9.03. The van der Waals surface area contributed by atoms with E-state index < -0.39 is 11.4 Å². The lowest BCUT2D eigenvalue weighted by atomic mass is 9.69. The topological polar surface area (TPSA) is 66.4 Å². The summed E-state index contributed by atoms with van der Waals surface area (Å²) in [5.41, 5.74) is -0.753. The van der Waals surface area contributed by atoms with Gasteiger partial charge >= 0.3 is 5.97 Å². The van der Waals surface area contributed by atoms with Gasteiger partial charge in [-0.2, -0.15) is 0 Å². The maximum absolute atomic E-state index is 11.7. The van der Waals surface area contributed by atoms with Crippen molar-refractivity contribution in [2.75, 3.05) is 6.54 Å². The van der Waals surface area contributed by atoms with Crippen molar-refractivity contribution in [1.82, 2.24) is 5.32 Å². The van der Waals surface area contributed by atoms with Crippen LogP contribution in [0.25, 0.3) is 0 Å². The quantitative estimate of drug-likeness (QED) is 0.885. The van der Waals surface area contributed by atoms with E-state index in [2.05, 4.69) is 5.32 Å². The summed E-state index contributed by atoms with van der Waals surface area (Å²) < 4.78 is 0.548. The lowest BCUT2D eigenvalue weighted by Crippen LogP contribution is -2.47. The average molecular weight is 274 g/mol. The lowest BCUT2D eigenvalue weighted by Gasteiger charge is -2.37. The van der Waals surface area contributed by atoms with Crippen molar-refractivity contribution in [2.45, 2.75) is 19.3 Å². The van der Waals surface area contributed by atoms with E-state index in [1.165, 1.54) is 11.3 Å². The second-order valence-corrected chi connectivity index (χ2v) is 5.94. The predicted octanol–water partition coefficient (Wildman–Crippen LogP) is 2.39. The van der Waals surface area contributed by atoms with Crippen LogP contribution >= 0.6 is 22.9 Å². The van der Waals surface area contributed by atoms with Gasteiger partial charge in [0.05, 0.1) is 14.6 Å². The Kier molecular flexibility index (Phi) is 3.40. The number of carboxylic acids is 1. The number of carboxylic acid groups (broad SMARTS) is 1. The summed E-state index contributed by atoms with van der Waals surface area (Å²) in [5.74, 6) is -1.08. The summed E-state index contributed by atoms with van der Waals surface area (Å²) in [6.45, 7) is 0.191. The van der Waals surface area contributed by atoms with E-state index in [0.29, 0.717) is 22.1 Å². The first-order chi connectivity index (χ1) is 8.03. The van der Waals surface area contributed by atoms with Gasteiger partial charge in [0.1, 0.15) is 0 Å². The molecule has 0 atom stereocenters. The number of thiophene rings is 1. The first-order valence-electron chi connectivity index (χ1n) is 5.30. The van der Waals surface area contributed by atoms with E-state index in [0.717, 1.165) is 6.42 Å². The fourth-order valence-corrected chi connectivity index (χ4v) is 2.80. The molecule has 0 spiro atoms. The molecule has 1 saturated carbocycles. The number of hydrogen-bond donors (Lipinski definition) is 2. The van der Waals surface area contributed by atoms with E-state index in [1.807, 2.05) is 0 Å². The molecule has 0 saturated heterocycles. The zero-order chi connectivity index (χ0) is 12.5. The summed E-state index contributed by atoms with van der Waals surface area (Å²) in [7, 11) is 0. The van der Waals surface area contributed by atoms with Crippen LogP contribution in [0, 0.1) is 5.41 Å². The molecular formula is C11H12ClNO3S. The van der Waals surface area contributed by atoms with Crippen LogP contribution in [0.5, 0.6) is 0 Å². The van der Waals surface area contributed by atoms with Crippen molar-refractivity contribution >= 4 is 34.8 Å². The molecule has 1 amide bonds. The highest BCUT2D eigenvalue weighted by Crippen LogP contribution is 2.40. The first-order valence-corrected chi connectivity index (χ1v) is 6.50. The molecular weight excluding hydrogens is 262 g/mol. The maximum atomic E-state index is 11.7. The Morgan fingerprint density at radius 2 is 2.18 bits per heavy atom. The Morgan fingerprint density at radius 3 is 2.59 bits per heavy atom. The molecule has 0 aromatic carbocycles. The monoisotopic (exact) mass is 273 g/mol. The third kappa shape index (κ3) is 2.45. The second-order valence-electron chi connectivity index (χ2n) is 4.23. The van der Waals surface area contributed by atoms with Crippen molar-refractivity contribution in [1.29, 1.82) is 0 Å². The van der Waals surface area contributed by atoms with Crippen LogP contribution in [-0.4, -0.2) is 23.5 Å². The van der Waals surface area contributed by atoms with Crippen LogP contribution < -0.4 is 5.32 Å². The minimum absolute atomic E-state index is 0.191. The fourth-order valence-electron chi connectivity index (χ4n) is 1.84. The fraction of sp³-hybridized carbons (Fsp3) is 0.455. The third-order valence-electron chi connectivity index (χ3n) is 3.15. The second kappa shape index (κ2) is 4.66. The number of nitrogens with one attached hydrogen (secondary N) is 1. The van der Waals surface area contributed by atoms with Gasteiger partial charge in [0.25, 0.3) is 5.91 Å². The molecule has 0 aliphatic heterocycles. The number of hydrogen-bond acceptors (Lipinski definition) is 3. The van der Waals surface area contributed by atoms with Gasteiger partial charge in [-0.25, -0.2) is 0 Å². The molecule has 2 N–H and O–H groups in total. The highest BCUT2D eigenvalue weighted by molar-refractivity contribution is 7.17. The number of amides is 1. The molecule has 1 aromatic heterocycles. The molecule has 1 aliphatic carbocycles. The minimum Gasteiger partial charge on any atom is -0.481 e. The molecule has 17 heavy (non-hydrogen) atoms. The highest BCUT2D eigenvalue weighted by atomic mass is 35.5. The van der Waals surface area contributed by atoms with Gasteiger partial charge in [0, 0.05) is 6.54 Å².